The lowest BCUT2D eigenvalue weighted by atomic mass is 9.96. The van der Waals surface area contributed by atoms with E-state index < -0.39 is 0 Å². The summed E-state index contributed by atoms with van der Waals surface area (Å²) < 4.78 is 2.25. The molecular weight excluding hydrogens is 464 g/mol. The maximum atomic E-state index is 9.85. The van der Waals surface area contributed by atoms with Gasteiger partial charge in [-0.05, 0) is 98.7 Å². The number of aryl methyl sites for hydroxylation is 2. The van der Waals surface area contributed by atoms with E-state index in [4.69, 9.17) is 23.8 Å². The summed E-state index contributed by atoms with van der Waals surface area (Å²) in [6.07, 6.45) is 1.80. The maximum absolute atomic E-state index is 9.85. The molecule has 0 aliphatic carbocycles. The third kappa shape index (κ3) is 3.83. The van der Waals surface area contributed by atoms with Gasteiger partial charge in [-0.25, -0.2) is 0 Å². The number of pyridine rings is 1. The summed E-state index contributed by atoms with van der Waals surface area (Å²) in [5.74, 6) is 0.217. The largest absolute Gasteiger partial charge is 0.508 e. The van der Waals surface area contributed by atoms with Gasteiger partial charge in [0.2, 0.25) is 0 Å². The second-order valence-corrected chi connectivity index (χ2v) is 9.43. The van der Waals surface area contributed by atoms with E-state index in [0.717, 1.165) is 39.6 Å². The molecule has 172 valence electrons. The number of hydrogen-bond donors (Lipinski definition) is 2. The van der Waals surface area contributed by atoms with Crippen molar-refractivity contribution >= 4 is 34.6 Å². The molecule has 0 amide bonds. The quantitative estimate of drug-likeness (QED) is 0.328. The van der Waals surface area contributed by atoms with Crippen LogP contribution in [-0.4, -0.2) is 19.8 Å². The van der Waals surface area contributed by atoms with Crippen molar-refractivity contribution in [1.29, 1.82) is 0 Å². The molecule has 2 aromatic heterocycles. The number of aromatic hydroxyl groups is 1. The number of thiocarbonyl (C=S) groups is 1. The number of phenolic OH excluding ortho intramolecular Hbond substituents is 1. The number of phenols is 1. The van der Waals surface area contributed by atoms with Gasteiger partial charge in [0.15, 0.2) is 5.11 Å². The Morgan fingerprint density at radius 2 is 1.76 bits per heavy atom. The first-order valence-corrected chi connectivity index (χ1v) is 11.9. The number of nitrogens with one attached hydrogen (secondary N) is 1. The van der Waals surface area contributed by atoms with Gasteiger partial charge >= 0.3 is 0 Å². The Morgan fingerprint density at radius 1 is 1.00 bits per heavy atom. The van der Waals surface area contributed by atoms with E-state index in [1.54, 1.807) is 18.3 Å². The summed E-state index contributed by atoms with van der Waals surface area (Å²) in [6.45, 7) is 6.34. The Morgan fingerprint density at radius 3 is 2.47 bits per heavy atom. The molecule has 5 nitrogen and oxygen atoms in total. The van der Waals surface area contributed by atoms with Gasteiger partial charge in [0.25, 0.3) is 0 Å². The van der Waals surface area contributed by atoms with Crippen LogP contribution in [0.25, 0.3) is 5.69 Å². The van der Waals surface area contributed by atoms with Gasteiger partial charge in [-0.15, -0.1) is 0 Å². The fourth-order valence-corrected chi connectivity index (χ4v) is 5.36. The molecule has 2 aromatic carbocycles. The van der Waals surface area contributed by atoms with Crippen molar-refractivity contribution in [2.24, 2.45) is 0 Å². The summed E-state index contributed by atoms with van der Waals surface area (Å²) in [4.78, 5) is 6.76. The van der Waals surface area contributed by atoms with Crippen LogP contribution in [0, 0.1) is 20.8 Å². The van der Waals surface area contributed by atoms with Crippen molar-refractivity contribution in [2.45, 2.75) is 32.9 Å². The van der Waals surface area contributed by atoms with Crippen LogP contribution < -0.4 is 10.2 Å². The molecule has 2 atom stereocenters. The van der Waals surface area contributed by atoms with Gasteiger partial charge in [-0.1, -0.05) is 23.7 Å². The standard InChI is InChI=1S/C27H25ClN4OS/c1-16-7-8-19(28)15-24(16)31-17(2)14-22(18(31)3)26-25(23-6-4-5-13-29-23)30-27(34)32(26)20-9-11-21(33)12-10-20/h4-15,25-26,33H,1-3H3,(H,30,34). The summed E-state index contributed by atoms with van der Waals surface area (Å²) in [7, 11) is 0. The van der Waals surface area contributed by atoms with Crippen LogP contribution in [-0.2, 0) is 0 Å². The number of halogens is 1. The van der Waals surface area contributed by atoms with Gasteiger partial charge in [0, 0.05) is 34.0 Å². The van der Waals surface area contributed by atoms with E-state index in [1.165, 1.54) is 0 Å². The van der Waals surface area contributed by atoms with Crippen molar-refractivity contribution in [3.8, 4) is 11.4 Å². The lowest BCUT2D eigenvalue weighted by molar-refractivity contribution is 0.475. The van der Waals surface area contributed by atoms with E-state index in [1.807, 2.05) is 48.5 Å². The van der Waals surface area contributed by atoms with E-state index in [2.05, 4.69) is 46.6 Å². The first-order chi connectivity index (χ1) is 16.3. The molecule has 1 aliphatic heterocycles. The van der Waals surface area contributed by atoms with Crippen molar-refractivity contribution < 1.29 is 5.11 Å². The van der Waals surface area contributed by atoms with Gasteiger partial charge < -0.3 is 19.9 Å². The third-order valence-corrected chi connectivity index (χ3v) is 6.98. The molecule has 0 bridgehead atoms. The topological polar surface area (TPSA) is 53.3 Å². The minimum absolute atomic E-state index is 0.133. The van der Waals surface area contributed by atoms with Gasteiger partial charge in [-0.3, -0.25) is 4.98 Å². The zero-order valence-electron chi connectivity index (χ0n) is 19.2. The summed E-state index contributed by atoms with van der Waals surface area (Å²) >= 11 is 12.2. The Hall–Kier alpha value is -3.35. The molecule has 7 heteroatoms. The maximum Gasteiger partial charge on any atom is 0.174 e. The highest BCUT2D eigenvalue weighted by Gasteiger charge is 2.42. The summed E-state index contributed by atoms with van der Waals surface area (Å²) in [5.41, 5.74) is 7.41. The number of rotatable bonds is 4. The normalized spacial score (nSPS) is 17.8. The number of anilines is 1. The molecule has 1 fully saturated rings. The summed E-state index contributed by atoms with van der Waals surface area (Å²) in [6, 6.07) is 21.0. The third-order valence-electron chi connectivity index (χ3n) is 6.43. The molecule has 34 heavy (non-hydrogen) atoms. The molecule has 0 radical (unpaired) electrons. The predicted octanol–water partition coefficient (Wildman–Crippen LogP) is 6.33. The van der Waals surface area contributed by atoms with Crippen molar-refractivity contribution in [1.82, 2.24) is 14.9 Å². The molecule has 1 aliphatic rings. The number of benzene rings is 2. The highest BCUT2D eigenvalue weighted by molar-refractivity contribution is 7.80. The van der Waals surface area contributed by atoms with Gasteiger partial charge in [-0.2, -0.15) is 0 Å². The molecule has 0 spiro atoms. The van der Waals surface area contributed by atoms with Crippen LogP contribution in [0.5, 0.6) is 5.75 Å². The van der Waals surface area contributed by atoms with Crippen LogP contribution in [0.4, 0.5) is 5.69 Å². The Labute approximate surface area is 209 Å². The average molecular weight is 489 g/mol. The number of aromatic nitrogens is 2. The Balaban J connectivity index is 1.70. The molecule has 3 heterocycles. The van der Waals surface area contributed by atoms with Crippen LogP contribution in [0.2, 0.25) is 5.02 Å². The van der Waals surface area contributed by atoms with E-state index in [-0.39, 0.29) is 17.8 Å². The van der Waals surface area contributed by atoms with Crippen LogP contribution in [0.1, 0.15) is 40.3 Å². The Kier molecular flexibility index (Phi) is 5.80. The summed E-state index contributed by atoms with van der Waals surface area (Å²) in [5, 5.41) is 14.7. The van der Waals surface area contributed by atoms with Gasteiger partial charge in [0.1, 0.15) is 5.75 Å². The molecule has 0 saturated carbocycles. The van der Waals surface area contributed by atoms with Crippen LogP contribution in [0.3, 0.4) is 0 Å². The van der Waals surface area contributed by atoms with E-state index >= 15 is 0 Å². The highest BCUT2D eigenvalue weighted by Crippen LogP contribution is 2.44. The van der Waals surface area contributed by atoms with Crippen molar-refractivity contribution in [2.75, 3.05) is 4.90 Å². The highest BCUT2D eigenvalue weighted by atomic mass is 35.5. The molecular formula is C27H25ClN4OS. The van der Waals surface area contributed by atoms with E-state index in [9.17, 15) is 5.11 Å². The molecule has 2 unspecified atom stereocenters. The molecule has 5 rings (SSSR count). The minimum atomic E-state index is -0.142. The van der Waals surface area contributed by atoms with Crippen molar-refractivity contribution in [3.05, 3.63) is 106 Å². The van der Waals surface area contributed by atoms with Crippen LogP contribution >= 0.6 is 23.8 Å². The van der Waals surface area contributed by atoms with E-state index in [0.29, 0.717) is 10.1 Å². The fraction of sp³-hybridized carbons (Fsp3) is 0.185. The smallest absolute Gasteiger partial charge is 0.174 e. The lowest BCUT2D eigenvalue weighted by Gasteiger charge is -2.28. The monoisotopic (exact) mass is 488 g/mol. The zero-order chi connectivity index (χ0) is 24.0. The number of hydrogen-bond acceptors (Lipinski definition) is 3. The molecule has 2 N–H and O–H groups in total. The first-order valence-electron chi connectivity index (χ1n) is 11.1. The fourth-order valence-electron chi connectivity index (χ4n) is 4.84. The average Bonchev–Trinajstić information content (AvgIpc) is 3.32. The first kappa shape index (κ1) is 22.4. The molecule has 4 aromatic rings. The van der Waals surface area contributed by atoms with Gasteiger partial charge in [0.05, 0.1) is 17.8 Å². The second kappa shape index (κ2) is 8.78. The zero-order valence-corrected chi connectivity index (χ0v) is 20.7. The SMILES string of the molecule is Cc1ccc(Cl)cc1-n1c(C)cc(C2C(c3ccccn3)NC(=S)N2c2ccc(O)cc2)c1C. The van der Waals surface area contributed by atoms with Crippen LogP contribution in [0.15, 0.2) is 72.9 Å². The van der Waals surface area contributed by atoms with Crippen molar-refractivity contribution in [3.63, 3.8) is 0 Å². The lowest BCUT2D eigenvalue weighted by Crippen LogP contribution is -2.29. The second-order valence-electron chi connectivity index (χ2n) is 8.61. The molecule has 1 saturated heterocycles. The number of nitrogens with zero attached hydrogens (tertiary/aromatic N) is 3. The Bertz CT molecular complexity index is 1370. The predicted molar refractivity (Wildman–Crippen MR) is 141 cm³/mol. The minimum Gasteiger partial charge on any atom is -0.508 e.